The van der Waals surface area contributed by atoms with Gasteiger partial charge in [0.25, 0.3) is 0 Å². The molecule has 0 aliphatic heterocycles. The van der Waals surface area contributed by atoms with Gasteiger partial charge in [-0.25, -0.2) is 0 Å². The number of hydrogen-bond acceptors (Lipinski definition) is 3. The van der Waals surface area contributed by atoms with Crippen molar-refractivity contribution in [1.82, 2.24) is 0 Å². The quantitative estimate of drug-likeness (QED) is 0.689. The first-order valence-corrected chi connectivity index (χ1v) is 5.01. The molecule has 2 unspecified atom stereocenters. The van der Waals surface area contributed by atoms with E-state index in [0.717, 1.165) is 17.3 Å². The van der Waals surface area contributed by atoms with Crippen LogP contribution >= 0.6 is 11.8 Å². The first-order valence-electron chi connectivity index (χ1n) is 4.13. The number of rotatable bonds is 1. The van der Waals surface area contributed by atoms with Crippen molar-refractivity contribution in [3.63, 3.8) is 0 Å². The van der Waals surface area contributed by atoms with E-state index in [0.29, 0.717) is 6.42 Å². The molecule has 1 N–H and O–H groups in total. The van der Waals surface area contributed by atoms with E-state index >= 15 is 0 Å². The van der Waals surface area contributed by atoms with E-state index in [1.807, 2.05) is 29.7 Å². The van der Waals surface area contributed by atoms with Crippen LogP contribution in [0.3, 0.4) is 0 Å². The van der Waals surface area contributed by atoms with E-state index < -0.39 is 6.10 Å². The third-order valence-corrected chi connectivity index (χ3v) is 3.25. The fourth-order valence-electron chi connectivity index (χ4n) is 1.74. The summed E-state index contributed by atoms with van der Waals surface area (Å²) < 4.78 is 0. The zero-order valence-corrected chi connectivity index (χ0v) is 7.79. The number of thiocyanates is 1. The zero-order valence-electron chi connectivity index (χ0n) is 6.97. The maximum absolute atomic E-state index is 9.67. The molecular weight excluding hydrogens is 182 g/mol. The van der Waals surface area contributed by atoms with Gasteiger partial charge in [-0.2, -0.15) is 5.26 Å². The Labute approximate surface area is 81.2 Å². The number of thioether (sulfide) groups is 1. The largest absolute Gasteiger partial charge is 0.391 e. The molecule has 2 nitrogen and oxygen atoms in total. The summed E-state index contributed by atoms with van der Waals surface area (Å²) in [5.74, 6) is 0. The van der Waals surface area contributed by atoms with Crippen LogP contribution in [0.1, 0.15) is 16.4 Å². The molecule has 1 aromatic carbocycles. The number of nitriles is 1. The monoisotopic (exact) mass is 191 g/mol. The van der Waals surface area contributed by atoms with Gasteiger partial charge in [-0.15, -0.1) is 0 Å². The van der Waals surface area contributed by atoms with Crippen LogP contribution < -0.4 is 0 Å². The lowest BCUT2D eigenvalue weighted by Gasteiger charge is -2.09. The number of aliphatic hydroxyl groups is 1. The number of aliphatic hydroxyl groups excluding tert-OH is 1. The van der Waals surface area contributed by atoms with Gasteiger partial charge in [0.05, 0.1) is 11.4 Å². The Morgan fingerprint density at radius 2 is 2.23 bits per heavy atom. The van der Waals surface area contributed by atoms with E-state index in [4.69, 9.17) is 5.26 Å². The van der Waals surface area contributed by atoms with E-state index in [1.54, 1.807) is 0 Å². The molecule has 3 heteroatoms. The molecule has 1 aliphatic carbocycles. The van der Waals surface area contributed by atoms with E-state index in [-0.39, 0.29) is 5.25 Å². The summed E-state index contributed by atoms with van der Waals surface area (Å²) in [5.41, 5.74) is 2.28. The average molecular weight is 191 g/mol. The smallest absolute Gasteiger partial charge is 0.134 e. The van der Waals surface area contributed by atoms with Crippen LogP contribution in [-0.4, -0.2) is 11.2 Å². The van der Waals surface area contributed by atoms with Gasteiger partial charge in [-0.3, -0.25) is 0 Å². The lowest BCUT2D eigenvalue weighted by atomic mass is 10.1. The standard InChI is InChI=1S/C10H9NOS/c11-6-13-10-8-4-2-1-3-7(8)5-9(10)12/h1-4,9-10,12H,5H2. The highest BCUT2D eigenvalue weighted by molar-refractivity contribution is 8.04. The molecule has 0 saturated carbocycles. The summed E-state index contributed by atoms with van der Waals surface area (Å²) in [6.07, 6.45) is 0.275. The molecule has 0 heterocycles. The van der Waals surface area contributed by atoms with Crippen LogP contribution in [0.15, 0.2) is 24.3 Å². The Hall–Kier alpha value is -0.980. The molecule has 0 bridgehead atoms. The van der Waals surface area contributed by atoms with Crippen LogP contribution in [-0.2, 0) is 6.42 Å². The average Bonchev–Trinajstić information content (AvgIpc) is 2.44. The van der Waals surface area contributed by atoms with Crippen molar-refractivity contribution in [3.8, 4) is 5.40 Å². The van der Waals surface area contributed by atoms with Gasteiger partial charge >= 0.3 is 0 Å². The van der Waals surface area contributed by atoms with Gasteiger partial charge in [0.2, 0.25) is 0 Å². The Balaban J connectivity index is 2.36. The minimum absolute atomic E-state index is 0.0544. The third kappa shape index (κ3) is 1.43. The Bertz CT molecular complexity index is 358. The van der Waals surface area contributed by atoms with Crippen molar-refractivity contribution in [2.24, 2.45) is 0 Å². The Kier molecular flexibility index (Phi) is 2.26. The van der Waals surface area contributed by atoms with Crippen LogP contribution in [0, 0.1) is 10.7 Å². The Morgan fingerprint density at radius 3 is 3.00 bits per heavy atom. The van der Waals surface area contributed by atoms with Gasteiger partial charge in [-0.1, -0.05) is 24.3 Å². The van der Waals surface area contributed by atoms with E-state index in [1.165, 1.54) is 5.56 Å². The van der Waals surface area contributed by atoms with Crippen LogP contribution in [0.2, 0.25) is 0 Å². The molecule has 0 saturated heterocycles. The fourth-order valence-corrected chi connectivity index (χ4v) is 2.46. The van der Waals surface area contributed by atoms with Crippen molar-refractivity contribution < 1.29 is 5.11 Å². The van der Waals surface area contributed by atoms with Gasteiger partial charge < -0.3 is 5.11 Å². The molecule has 0 fully saturated rings. The highest BCUT2D eigenvalue weighted by atomic mass is 32.2. The van der Waals surface area contributed by atoms with Crippen molar-refractivity contribution in [2.75, 3.05) is 0 Å². The van der Waals surface area contributed by atoms with Crippen molar-refractivity contribution >= 4 is 11.8 Å². The summed E-state index contributed by atoms with van der Waals surface area (Å²) in [5, 5.41) is 20.2. The molecule has 13 heavy (non-hydrogen) atoms. The SMILES string of the molecule is N#CSC1c2ccccc2CC1O. The number of fused-ring (bicyclic) bond motifs is 1. The normalized spacial score (nSPS) is 25.2. The Morgan fingerprint density at radius 1 is 1.46 bits per heavy atom. The van der Waals surface area contributed by atoms with Gasteiger partial charge in [-0.05, 0) is 22.9 Å². The molecular formula is C10H9NOS. The first-order chi connectivity index (χ1) is 6.33. The molecule has 0 amide bonds. The summed E-state index contributed by atoms with van der Waals surface area (Å²) >= 11 is 1.15. The van der Waals surface area contributed by atoms with Crippen molar-refractivity contribution in [2.45, 2.75) is 17.8 Å². The predicted octanol–water partition coefficient (Wildman–Crippen LogP) is 1.86. The van der Waals surface area contributed by atoms with Gasteiger partial charge in [0, 0.05) is 6.42 Å². The van der Waals surface area contributed by atoms with Crippen molar-refractivity contribution in [1.29, 1.82) is 5.26 Å². The second-order valence-electron chi connectivity index (χ2n) is 3.10. The fraction of sp³-hybridized carbons (Fsp3) is 0.300. The zero-order chi connectivity index (χ0) is 9.26. The van der Waals surface area contributed by atoms with Crippen LogP contribution in [0.4, 0.5) is 0 Å². The maximum atomic E-state index is 9.67. The number of nitrogens with zero attached hydrogens (tertiary/aromatic N) is 1. The molecule has 66 valence electrons. The van der Waals surface area contributed by atoms with E-state index in [2.05, 4.69) is 0 Å². The number of benzene rings is 1. The molecule has 0 aromatic heterocycles. The van der Waals surface area contributed by atoms with Crippen molar-refractivity contribution in [3.05, 3.63) is 35.4 Å². The molecule has 0 radical (unpaired) electrons. The molecule has 2 rings (SSSR count). The molecule has 1 aromatic rings. The van der Waals surface area contributed by atoms with E-state index in [9.17, 15) is 5.11 Å². The van der Waals surface area contributed by atoms with Gasteiger partial charge in [0.15, 0.2) is 0 Å². The summed E-state index contributed by atoms with van der Waals surface area (Å²) in [4.78, 5) is 0. The third-order valence-electron chi connectivity index (χ3n) is 2.32. The highest BCUT2D eigenvalue weighted by Gasteiger charge is 2.30. The molecule has 2 atom stereocenters. The minimum Gasteiger partial charge on any atom is -0.391 e. The summed E-state index contributed by atoms with van der Waals surface area (Å²) in [7, 11) is 0. The molecule has 0 spiro atoms. The maximum Gasteiger partial charge on any atom is 0.134 e. The first kappa shape index (κ1) is 8.61. The predicted molar refractivity (Wildman–Crippen MR) is 52.1 cm³/mol. The highest BCUT2D eigenvalue weighted by Crippen LogP contribution is 2.40. The lowest BCUT2D eigenvalue weighted by Crippen LogP contribution is -2.09. The number of hydrogen-bond donors (Lipinski definition) is 1. The second kappa shape index (κ2) is 3.41. The van der Waals surface area contributed by atoms with Crippen LogP contribution in [0.25, 0.3) is 0 Å². The molecule has 1 aliphatic rings. The summed E-state index contributed by atoms with van der Waals surface area (Å²) in [6, 6.07) is 7.91. The van der Waals surface area contributed by atoms with Gasteiger partial charge in [0.1, 0.15) is 5.40 Å². The topological polar surface area (TPSA) is 44.0 Å². The lowest BCUT2D eigenvalue weighted by molar-refractivity contribution is 0.184. The summed E-state index contributed by atoms with van der Waals surface area (Å²) in [6.45, 7) is 0. The minimum atomic E-state index is -0.401. The second-order valence-corrected chi connectivity index (χ2v) is 4.03. The van der Waals surface area contributed by atoms with Crippen LogP contribution in [0.5, 0.6) is 0 Å².